The first-order valence-corrected chi connectivity index (χ1v) is 7.68. The quantitative estimate of drug-likeness (QED) is 0.634. The molecule has 2 unspecified atom stereocenters. The van der Waals surface area contributed by atoms with E-state index >= 15 is 0 Å². The van der Waals surface area contributed by atoms with Gasteiger partial charge in [0.1, 0.15) is 5.82 Å². The molecule has 1 aromatic carbocycles. The summed E-state index contributed by atoms with van der Waals surface area (Å²) in [4.78, 5) is 0. The first kappa shape index (κ1) is 15.4. The normalized spacial score (nSPS) is 15.4. The van der Waals surface area contributed by atoms with Gasteiger partial charge in [0.05, 0.1) is 5.25 Å². The smallest absolute Gasteiger partial charge is 0.151 e. The predicted octanol–water partition coefficient (Wildman–Crippen LogP) is 1.29. The van der Waals surface area contributed by atoms with E-state index in [0.717, 1.165) is 6.26 Å². The molecule has 0 bridgehead atoms. The zero-order valence-electron chi connectivity index (χ0n) is 10.2. The second kappa shape index (κ2) is 5.97. The molecule has 0 saturated carbocycles. The van der Waals surface area contributed by atoms with Gasteiger partial charge in [-0.1, -0.05) is 17.7 Å². The van der Waals surface area contributed by atoms with Crippen molar-refractivity contribution in [3.05, 3.63) is 34.6 Å². The van der Waals surface area contributed by atoms with Gasteiger partial charge in [0.25, 0.3) is 0 Å². The Kier molecular flexibility index (Phi) is 5.10. The highest BCUT2D eigenvalue weighted by atomic mass is 35.5. The van der Waals surface area contributed by atoms with Gasteiger partial charge in [-0.3, -0.25) is 11.3 Å². The summed E-state index contributed by atoms with van der Waals surface area (Å²) in [6.45, 7) is 1.57. The van der Waals surface area contributed by atoms with E-state index in [4.69, 9.17) is 17.4 Å². The van der Waals surface area contributed by atoms with Crippen molar-refractivity contribution < 1.29 is 12.8 Å². The second-order valence-electron chi connectivity index (χ2n) is 4.25. The molecule has 0 aliphatic rings. The average Bonchev–Trinajstić information content (AvgIpc) is 2.26. The van der Waals surface area contributed by atoms with Crippen molar-refractivity contribution in [3.8, 4) is 0 Å². The summed E-state index contributed by atoms with van der Waals surface area (Å²) in [5.41, 5.74) is 3.12. The van der Waals surface area contributed by atoms with Crippen LogP contribution in [0.25, 0.3) is 0 Å². The summed E-state index contributed by atoms with van der Waals surface area (Å²) < 4.78 is 35.8. The number of hydrazine groups is 1. The lowest BCUT2D eigenvalue weighted by molar-refractivity contribution is 0.493. The van der Waals surface area contributed by atoms with Crippen LogP contribution in [0, 0.1) is 5.82 Å². The van der Waals surface area contributed by atoms with Crippen LogP contribution < -0.4 is 11.3 Å². The standard InChI is InChI=1S/C11H16ClFN2O2S/c1-7(18(2,16)17)11(15-14)5-8-3-4-9(13)6-10(8)12/h3-4,6-7,11,15H,5,14H2,1-2H3. The van der Waals surface area contributed by atoms with Crippen LogP contribution in [0.3, 0.4) is 0 Å². The number of nitrogens with one attached hydrogen (secondary N) is 1. The van der Waals surface area contributed by atoms with Gasteiger partial charge in [-0.25, -0.2) is 12.8 Å². The van der Waals surface area contributed by atoms with Gasteiger partial charge in [-0.05, 0) is 31.0 Å². The van der Waals surface area contributed by atoms with Gasteiger partial charge in [0, 0.05) is 17.3 Å². The van der Waals surface area contributed by atoms with Crippen LogP contribution in [0.2, 0.25) is 5.02 Å². The van der Waals surface area contributed by atoms with E-state index in [0.29, 0.717) is 12.0 Å². The van der Waals surface area contributed by atoms with E-state index < -0.39 is 26.9 Å². The minimum atomic E-state index is -3.21. The van der Waals surface area contributed by atoms with Crippen LogP contribution >= 0.6 is 11.6 Å². The molecule has 3 N–H and O–H groups in total. The summed E-state index contributed by atoms with van der Waals surface area (Å²) in [7, 11) is -3.21. The molecule has 1 rings (SSSR count). The number of rotatable bonds is 5. The van der Waals surface area contributed by atoms with Crippen molar-refractivity contribution in [2.24, 2.45) is 5.84 Å². The molecule has 0 radical (unpaired) electrons. The fraction of sp³-hybridized carbons (Fsp3) is 0.455. The molecule has 0 aromatic heterocycles. The van der Waals surface area contributed by atoms with E-state index in [-0.39, 0.29) is 5.02 Å². The minimum Gasteiger partial charge on any atom is -0.271 e. The lowest BCUT2D eigenvalue weighted by atomic mass is 10.0. The molecular weight excluding hydrogens is 279 g/mol. The van der Waals surface area contributed by atoms with E-state index in [1.807, 2.05) is 0 Å². The van der Waals surface area contributed by atoms with Crippen LogP contribution in [-0.4, -0.2) is 26.0 Å². The lowest BCUT2D eigenvalue weighted by Gasteiger charge is -2.22. The topological polar surface area (TPSA) is 72.2 Å². The Hall–Kier alpha value is -0.690. The molecule has 0 aliphatic carbocycles. The molecule has 4 nitrogen and oxygen atoms in total. The summed E-state index contributed by atoms with van der Waals surface area (Å²) in [5, 5.41) is -0.403. The lowest BCUT2D eigenvalue weighted by Crippen LogP contribution is -2.47. The Morgan fingerprint density at radius 3 is 2.56 bits per heavy atom. The fourth-order valence-corrected chi connectivity index (χ4v) is 2.60. The Morgan fingerprint density at radius 1 is 1.50 bits per heavy atom. The monoisotopic (exact) mass is 294 g/mol. The number of sulfone groups is 1. The van der Waals surface area contributed by atoms with Gasteiger partial charge in [-0.2, -0.15) is 0 Å². The van der Waals surface area contributed by atoms with Crippen LogP contribution in [-0.2, 0) is 16.3 Å². The van der Waals surface area contributed by atoms with Crippen LogP contribution in [0.5, 0.6) is 0 Å². The third kappa shape index (κ3) is 3.91. The zero-order chi connectivity index (χ0) is 13.9. The number of benzene rings is 1. The predicted molar refractivity (Wildman–Crippen MR) is 70.5 cm³/mol. The van der Waals surface area contributed by atoms with Crippen molar-refractivity contribution in [1.29, 1.82) is 0 Å². The van der Waals surface area contributed by atoms with Gasteiger partial charge in [0.2, 0.25) is 0 Å². The maximum Gasteiger partial charge on any atom is 0.151 e. The first-order valence-electron chi connectivity index (χ1n) is 5.34. The molecule has 1 aromatic rings. The maximum atomic E-state index is 12.9. The van der Waals surface area contributed by atoms with Crippen LogP contribution in [0.1, 0.15) is 12.5 Å². The Labute approximate surface area is 111 Å². The zero-order valence-corrected chi connectivity index (χ0v) is 11.7. The molecule has 0 spiro atoms. The first-order chi connectivity index (χ1) is 8.25. The summed E-state index contributed by atoms with van der Waals surface area (Å²) in [6, 6.07) is 3.51. The van der Waals surface area contributed by atoms with Crippen LogP contribution in [0.15, 0.2) is 18.2 Å². The van der Waals surface area contributed by atoms with Crippen molar-refractivity contribution >= 4 is 21.4 Å². The molecule has 0 fully saturated rings. The highest BCUT2D eigenvalue weighted by molar-refractivity contribution is 7.91. The summed E-state index contributed by atoms with van der Waals surface area (Å²) in [5.74, 6) is 4.93. The molecule has 0 saturated heterocycles. The molecule has 0 heterocycles. The number of nitrogens with two attached hydrogens (primary N) is 1. The molecule has 0 aliphatic heterocycles. The van der Waals surface area contributed by atoms with Gasteiger partial charge >= 0.3 is 0 Å². The van der Waals surface area contributed by atoms with E-state index in [2.05, 4.69) is 5.43 Å². The second-order valence-corrected chi connectivity index (χ2v) is 7.06. The van der Waals surface area contributed by atoms with Crippen molar-refractivity contribution in [1.82, 2.24) is 5.43 Å². The third-order valence-corrected chi connectivity index (χ3v) is 4.94. The van der Waals surface area contributed by atoms with Gasteiger partial charge < -0.3 is 0 Å². The largest absolute Gasteiger partial charge is 0.271 e. The van der Waals surface area contributed by atoms with E-state index in [9.17, 15) is 12.8 Å². The molecular formula is C11H16ClFN2O2S. The molecule has 102 valence electrons. The van der Waals surface area contributed by atoms with Crippen molar-refractivity contribution in [3.63, 3.8) is 0 Å². The fourth-order valence-electron chi connectivity index (χ4n) is 1.58. The van der Waals surface area contributed by atoms with E-state index in [1.165, 1.54) is 18.2 Å². The summed E-state index contributed by atoms with van der Waals surface area (Å²) in [6.07, 6.45) is 1.46. The van der Waals surface area contributed by atoms with Crippen molar-refractivity contribution in [2.75, 3.05) is 6.26 Å². The van der Waals surface area contributed by atoms with Gasteiger partial charge in [-0.15, -0.1) is 0 Å². The summed E-state index contributed by atoms with van der Waals surface area (Å²) >= 11 is 5.89. The highest BCUT2D eigenvalue weighted by Crippen LogP contribution is 2.20. The SMILES string of the molecule is CC(C(Cc1ccc(F)cc1Cl)NN)S(C)(=O)=O. The van der Waals surface area contributed by atoms with Crippen molar-refractivity contribution in [2.45, 2.75) is 24.6 Å². The maximum absolute atomic E-state index is 12.9. The molecule has 7 heteroatoms. The molecule has 18 heavy (non-hydrogen) atoms. The third-order valence-electron chi connectivity index (χ3n) is 2.91. The highest BCUT2D eigenvalue weighted by Gasteiger charge is 2.25. The molecule has 2 atom stereocenters. The van der Waals surface area contributed by atoms with E-state index in [1.54, 1.807) is 6.92 Å². The number of hydrogen-bond acceptors (Lipinski definition) is 4. The molecule has 0 amide bonds. The van der Waals surface area contributed by atoms with Gasteiger partial charge in [0.15, 0.2) is 9.84 Å². The Morgan fingerprint density at radius 2 is 2.11 bits per heavy atom. The number of halogens is 2. The van der Waals surface area contributed by atoms with Crippen LogP contribution in [0.4, 0.5) is 4.39 Å². The Bertz CT molecular complexity index is 522. The average molecular weight is 295 g/mol. The number of hydrogen-bond donors (Lipinski definition) is 2. The minimum absolute atomic E-state index is 0.260. The Balaban J connectivity index is 2.93.